The molecule has 1 aromatic rings. The number of aryl methyl sites for hydroxylation is 2. The van der Waals surface area contributed by atoms with Gasteiger partial charge < -0.3 is 0 Å². The van der Waals surface area contributed by atoms with Crippen molar-refractivity contribution < 1.29 is 8.42 Å². The maximum Gasteiger partial charge on any atom is 0.240 e. The highest BCUT2D eigenvalue weighted by Crippen LogP contribution is 2.15. The first-order valence-corrected chi connectivity index (χ1v) is 6.77. The molecule has 0 fully saturated rings. The summed E-state index contributed by atoms with van der Waals surface area (Å²) in [5.74, 6) is 0.490. The highest BCUT2D eigenvalue weighted by Gasteiger charge is 2.15. The molecule has 0 unspecified atom stereocenters. The summed E-state index contributed by atoms with van der Waals surface area (Å²) in [4.78, 5) is 0.342. The largest absolute Gasteiger partial charge is 0.240 e. The molecule has 1 rings (SSSR count). The van der Waals surface area contributed by atoms with E-state index < -0.39 is 10.0 Å². The third-order valence-corrected chi connectivity index (χ3v) is 3.87. The molecule has 3 nitrogen and oxygen atoms in total. The van der Waals surface area contributed by atoms with E-state index in [1.807, 2.05) is 13.0 Å². The van der Waals surface area contributed by atoms with Crippen molar-refractivity contribution in [3.05, 3.63) is 29.3 Å². The van der Waals surface area contributed by atoms with Crippen LogP contribution in [0.5, 0.6) is 0 Å². The van der Waals surface area contributed by atoms with Gasteiger partial charge in [0.2, 0.25) is 10.0 Å². The van der Waals surface area contributed by atoms with Crippen molar-refractivity contribution in [3.8, 4) is 0 Å². The van der Waals surface area contributed by atoms with Crippen LogP contribution < -0.4 is 4.72 Å². The van der Waals surface area contributed by atoms with Crippen molar-refractivity contribution in [3.63, 3.8) is 0 Å². The lowest BCUT2D eigenvalue weighted by Crippen LogP contribution is -2.26. The van der Waals surface area contributed by atoms with E-state index in [1.54, 1.807) is 19.1 Å². The minimum absolute atomic E-state index is 0.342. The summed E-state index contributed by atoms with van der Waals surface area (Å²) in [5, 5.41) is 0. The molecule has 0 spiro atoms. The fourth-order valence-corrected chi connectivity index (χ4v) is 2.88. The predicted molar refractivity (Wildman–Crippen MR) is 65.0 cm³/mol. The molecule has 1 N–H and O–H groups in total. The van der Waals surface area contributed by atoms with Crippen molar-refractivity contribution in [1.29, 1.82) is 0 Å². The lowest BCUT2D eigenvalue weighted by Gasteiger charge is -2.08. The predicted octanol–water partition coefficient (Wildman–Crippen LogP) is 1.51. The smallest absolute Gasteiger partial charge is 0.210 e. The summed E-state index contributed by atoms with van der Waals surface area (Å²) in [6.07, 6.45) is 0. The minimum Gasteiger partial charge on any atom is -0.210 e. The number of nitrogens with one attached hydrogen (secondary N) is 1. The van der Waals surface area contributed by atoms with Crippen molar-refractivity contribution in [2.75, 3.05) is 12.3 Å². The summed E-state index contributed by atoms with van der Waals surface area (Å²) in [7, 11) is -3.37. The van der Waals surface area contributed by atoms with Gasteiger partial charge in [-0.1, -0.05) is 17.7 Å². The normalized spacial score (nSPS) is 11.7. The Morgan fingerprint density at radius 1 is 1.33 bits per heavy atom. The number of hydrogen-bond donors (Lipinski definition) is 2. The van der Waals surface area contributed by atoms with Gasteiger partial charge in [-0.25, -0.2) is 13.1 Å². The Hall–Kier alpha value is -0.520. The molecule has 84 valence electrons. The molecule has 0 saturated heterocycles. The molecule has 0 bridgehead atoms. The van der Waals surface area contributed by atoms with E-state index in [-0.39, 0.29) is 0 Å². The minimum atomic E-state index is -3.37. The van der Waals surface area contributed by atoms with E-state index >= 15 is 0 Å². The Bertz CT molecular complexity index is 441. The van der Waals surface area contributed by atoms with E-state index in [9.17, 15) is 8.42 Å². The van der Waals surface area contributed by atoms with Crippen LogP contribution in [0.25, 0.3) is 0 Å². The highest BCUT2D eigenvalue weighted by atomic mass is 32.2. The number of thiol groups is 1. The molecule has 0 heterocycles. The first-order valence-electron chi connectivity index (χ1n) is 4.65. The van der Waals surface area contributed by atoms with Crippen LogP contribution in [0.3, 0.4) is 0 Å². The number of rotatable bonds is 4. The Balaban J connectivity index is 3.05. The standard InChI is InChI=1S/C10H15NO2S2/c1-8-3-4-10(9(2)7-8)15(12,13)11-5-6-14/h3-4,7,11,14H,5-6H2,1-2H3. The number of benzene rings is 1. The van der Waals surface area contributed by atoms with E-state index in [0.717, 1.165) is 11.1 Å². The van der Waals surface area contributed by atoms with Gasteiger partial charge in [-0.05, 0) is 25.5 Å². The van der Waals surface area contributed by atoms with Crippen molar-refractivity contribution in [1.82, 2.24) is 4.72 Å². The van der Waals surface area contributed by atoms with Gasteiger partial charge in [0.1, 0.15) is 0 Å². The Morgan fingerprint density at radius 2 is 2.00 bits per heavy atom. The van der Waals surface area contributed by atoms with Crippen molar-refractivity contribution >= 4 is 22.7 Å². The number of hydrogen-bond acceptors (Lipinski definition) is 3. The fourth-order valence-electron chi connectivity index (χ4n) is 1.36. The summed E-state index contributed by atoms with van der Waals surface area (Å²) >= 11 is 3.96. The van der Waals surface area contributed by atoms with Gasteiger partial charge in [0.25, 0.3) is 0 Å². The summed E-state index contributed by atoms with van der Waals surface area (Å²) in [5.41, 5.74) is 1.82. The molecule has 0 aliphatic carbocycles. The van der Waals surface area contributed by atoms with Crippen molar-refractivity contribution in [2.45, 2.75) is 18.7 Å². The molecular formula is C10H15NO2S2. The third kappa shape index (κ3) is 3.22. The van der Waals surface area contributed by atoms with E-state index in [2.05, 4.69) is 17.4 Å². The van der Waals surface area contributed by atoms with Crippen LogP contribution in [-0.2, 0) is 10.0 Å². The molecule has 5 heteroatoms. The van der Waals surface area contributed by atoms with Crippen LogP contribution in [0.1, 0.15) is 11.1 Å². The van der Waals surface area contributed by atoms with E-state index in [0.29, 0.717) is 17.2 Å². The first kappa shape index (κ1) is 12.5. The van der Waals surface area contributed by atoms with Gasteiger partial charge in [-0.15, -0.1) is 0 Å². The van der Waals surface area contributed by atoms with Crippen molar-refractivity contribution in [2.24, 2.45) is 0 Å². The zero-order valence-electron chi connectivity index (χ0n) is 8.82. The van der Waals surface area contributed by atoms with E-state index in [4.69, 9.17) is 0 Å². The van der Waals surface area contributed by atoms with Gasteiger partial charge in [0, 0.05) is 12.3 Å². The lowest BCUT2D eigenvalue weighted by molar-refractivity contribution is 0.583. The summed E-state index contributed by atoms with van der Waals surface area (Å²) in [6.45, 7) is 4.07. The molecule has 0 atom stereocenters. The molecular weight excluding hydrogens is 230 g/mol. The van der Waals surface area contributed by atoms with Crippen LogP contribution in [-0.4, -0.2) is 20.7 Å². The van der Waals surface area contributed by atoms with Gasteiger partial charge in [0.05, 0.1) is 4.90 Å². The summed E-state index contributed by atoms with van der Waals surface area (Å²) < 4.78 is 26.0. The Kier molecular flexibility index (Phi) is 4.19. The topological polar surface area (TPSA) is 46.2 Å². The van der Waals surface area contributed by atoms with Crippen LogP contribution in [0.4, 0.5) is 0 Å². The van der Waals surface area contributed by atoms with Crippen LogP contribution >= 0.6 is 12.6 Å². The lowest BCUT2D eigenvalue weighted by atomic mass is 10.2. The molecule has 0 aliphatic rings. The quantitative estimate of drug-likeness (QED) is 0.790. The van der Waals surface area contributed by atoms with E-state index in [1.165, 1.54) is 0 Å². The SMILES string of the molecule is Cc1ccc(S(=O)(=O)NCCS)c(C)c1. The second-order valence-corrected chi connectivity index (χ2v) is 5.57. The molecule has 15 heavy (non-hydrogen) atoms. The van der Waals surface area contributed by atoms with Crippen LogP contribution in [0, 0.1) is 13.8 Å². The summed E-state index contributed by atoms with van der Waals surface area (Å²) in [6, 6.07) is 5.28. The van der Waals surface area contributed by atoms with Gasteiger partial charge in [-0.2, -0.15) is 12.6 Å². The highest BCUT2D eigenvalue weighted by molar-refractivity contribution is 7.89. The zero-order chi connectivity index (χ0) is 11.5. The average Bonchev–Trinajstić information content (AvgIpc) is 2.14. The molecule has 0 saturated carbocycles. The number of sulfonamides is 1. The molecule has 0 aliphatic heterocycles. The maximum absolute atomic E-state index is 11.8. The third-order valence-electron chi connectivity index (χ3n) is 2.02. The monoisotopic (exact) mass is 245 g/mol. The maximum atomic E-state index is 11.8. The van der Waals surface area contributed by atoms with Crippen LogP contribution in [0.2, 0.25) is 0 Å². The first-order chi connectivity index (χ1) is 6.97. The second kappa shape index (κ2) is 5.01. The van der Waals surface area contributed by atoms with Gasteiger partial charge in [0.15, 0.2) is 0 Å². The molecule has 0 radical (unpaired) electrons. The van der Waals surface area contributed by atoms with Crippen LogP contribution in [0.15, 0.2) is 23.1 Å². The molecule has 0 amide bonds. The van der Waals surface area contributed by atoms with Gasteiger partial charge >= 0.3 is 0 Å². The van der Waals surface area contributed by atoms with Gasteiger partial charge in [-0.3, -0.25) is 0 Å². The average molecular weight is 245 g/mol. The second-order valence-electron chi connectivity index (χ2n) is 3.39. The fraction of sp³-hybridized carbons (Fsp3) is 0.400. The zero-order valence-corrected chi connectivity index (χ0v) is 10.5. The Morgan fingerprint density at radius 3 is 2.53 bits per heavy atom. The Labute approximate surface area is 96.4 Å². The molecule has 1 aromatic carbocycles. The molecule has 0 aromatic heterocycles.